The van der Waals surface area contributed by atoms with Crippen LogP contribution in [0, 0.1) is 0 Å². The van der Waals surface area contributed by atoms with Gasteiger partial charge in [-0.2, -0.15) is 0 Å². The van der Waals surface area contributed by atoms with E-state index in [1.165, 1.54) is 5.56 Å². The van der Waals surface area contributed by atoms with Crippen molar-refractivity contribution in [3.63, 3.8) is 0 Å². The topological polar surface area (TPSA) is 66.8 Å². The van der Waals surface area contributed by atoms with Crippen LogP contribution in [0.25, 0.3) is 0 Å². The molecule has 3 rings (SSSR count). The number of carbonyl (C=O) groups is 2. The molecule has 23 heavy (non-hydrogen) atoms. The summed E-state index contributed by atoms with van der Waals surface area (Å²) in [6, 6.07) is 10.4. The molecule has 2 saturated heterocycles. The molecule has 1 amide bonds. The highest BCUT2D eigenvalue weighted by Gasteiger charge is 2.39. The molecule has 1 aromatic carbocycles. The summed E-state index contributed by atoms with van der Waals surface area (Å²) in [6.07, 6.45) is 3.48. The third-order valence-electron chi connectivity index (χ3n) is 4.79. The van der Waals surface area contributed by atoms with Gasteiger partial charge in [-0.25, -0.2) is 4.79 Å². The molecule has 1 aromatic rings. The van der Waals surface area contributed by atoms with Crippen LogP contribution in [-0.2, 0) is 20.7 Å². The number of nitrogens with zero attached hydrogens (tertiary/aromatic N) is 1. The lowest BCUT2D eigenvalue weighted by atomic mass is 9.95. The number of likely N-dealkylation sites (tertiary alicyclic amines) is 1. The lowest BCUT2D eigenvalue weighted by molar-refractivity contribution is -0.156. The molecule has 5 heteroatoms. The number of carboxylic acids is 1. The lowest BCUT2D eigenvalue weighted by Crippen LogP contribution is -2.49. The number of hydrogen-bond donors (Lipinski definition) is 1. The molecule has 1 N–H and O–H groups in total. The first kappa shape index (κ1) is 16.0. The largest absolute Gasteiger partial charge is 0.479 e. The van der Waals surface area contributed by atoms with Gasteiger partial charge >= 0.3 is 5.97 Å². The molecule has 0 aromatic heterocycles. The minimum Gasteiger partial charge on any atom is -0.479 e. The third kappa shape index (κ3) is 3.72. The standard InChI is InChI=1S/C18H23NO4/c20-17(15-9-10-16(23-15)18(21)22)19-11-5-4-8-14(19)12-13-6-2-1-3-7-13/h1-3,6-7,14-16H,4-5,8-12H2,(H,21,22)/t14?,15-,16+/m0/s1. The van der Waals surface area contributed by atoms with Gasteiger partial charge in [0.2, 0.25) is 0 Å². The van der Waals surface area contributed by atoms with Crippen molar-refractivity contribution in [2.75, 3.05) is 6.54 Å². The Morgan fingerprint density at radius 1 is 1.09 bits per heavy atom. The maximum Gasteiger partial charge on any atom is 0.332 e. The average molecular weight is 317 g/mol. The number of carboxylic acid groups (broad SMARTS) is 1. The summed E-state index contributed by atoms with van der Waals surface area (Å²) in [6.45, 7) is 0.744. The highest BCUT2D eigenvalue weighted by molar-refractivity contribution is 5.83. The molecule has 1 unspecified atom stereocenters. The lowest BCUT2D eigenvalue weighted by Gasteiger charge is -2.37. The van der Waals surface area contributed by atoms with E-state index < -0.39 is 18.2 Å². The van der Waals surface area contributed by atoms with Crippen LogP contribution in [0.15, 0.2) is 30.3 Å². The summed E-state index contributed by atoms with van der Waals surface area (Å²) < 4.78 is 5.45. The number of rotatable bonds is 4. The number of carbonyl (C=O) groups excluding carboxylic acids is 1. The van der Waals surface area contributed by atoms with Crippen molar-refractivity contribution in [2.24, 2.45) is 0 Å². The van der Waals surface area contributed by atoms with Crippen molar-refractivity contribution in [1.82, 2.24) is 4.90 Å². The summed E-state index contributed by atoms with van der Waals surface area (Å²) in [4.78, 5) is 25.7. The Balaban J connectivity index is 1.66. The zero-order valence-electron chi connectivity index (χ0n) is 13.2. The first-order valence-electron chi connectivity index (χ1n) is 8.38. The summed E-state index contributed by atoms with van der Waals surface area (Å²) in [5, 5.41) is 9.02. The molecule has 0 aliphatic carbocycles. The number of ether oxygens (including phenoxy) is 1. The van der Waals surface area contributed by atoms with E-state index in [-0.39, 0.29) is 11.9 Å². The highest BCUT2D eigenvalue weighted by atomic mass is 16.5. The Morgan fingerprint density at radius 2 is 1.83 bits per heavy atom. The zero-order valence-corrected chi connectivity index (χ0v) is 13.2. The van der Waals surface area contributed by atoms with Crippen molar-refractivity contribution in [3.8, 4) is 0 Å². The van der Waals surface area contributed by atoms with Gasteiger partial charge in [0.15, 0.2) is 6.10 Å². The Labute approximate surface area is 136 Å². The van der Waals surface area contributed by atoms with Gasteiger partial charge < -0.3 is 14.7 Å². The molecule has 2 heterocycles. The van der Waals surface area contributed by atoms with E-state index >= 15 is 0 Å². The molecule has 0 saturated carbocycles. The van der Waals surface area contributed by atoms with E-state index in [0.29, 0.717) is 12.8 Å². The number of amides is 1. The van der Waals surface area contributed by atoms with Gasteiger partial charge in [0.1, 0.15) is 6.10 Å². The monoisotopic (exact) mass is 317 g/mol. The van der Waals surface area contributed by atoms with Gasteiger partial charge in [-0.05, 0) is 44.1 Å². The first-order chi connectivity index (χ1) is 11.1. The fourth-order valence-electron chi connectivity index (χ4n) is 3.57. The van der Waals surface area contributed by atoms with Gasteiger partial charge in [0, 0.05) is 12.6 Å². The van der Waals surface area contributed by atoms with Gasteiger partial charge in [-0.3, -0.25) is 4.79 Å². The van der Waals surface area contributed by atoms with E-state index in [4.69, 9.17) is 9.84 Å². The quantitative estimate of drug-likeness (QED) is 0.925. The van der Waals surface area contributed by atoms with Crippen LogP contribution in [0.4, 0.5) is 0 Å². The van der Waals surface area contributed by atoms with Gasteiger partial charge in [0.25, 0.3) is 5.91 Å². The van der Waals surface area contributed by atoms with E-state index in [0.717, 1.165) is 32.2 Å². The number of piperidine rings is 1. The van der Waals surface area contributed by atoms with Crippen LogP contribution < -0.4 is 0 Å². The average Bonchev–Trinajstić information content (AvgIpc) is 3.06. The summed E-state index contributed by atoms with van der Waals surface area (Å²) >= 11 is 0. The highest BCUT2D eigenvalue weighted by Crippen LogP contribution is 2.26. The SMILES string of the molecule is O=C(O)[C@H]1CC[C@@H](C(=O)N2CCCCC2Cc2ccccc2)O1. The normalized spacial score (nSPS) is 27.8. The van der Waals surface area contributed by atoms with Crippen LogP contribution >= 0.6 is 0 Å². The zero-order chi connectivity index (χ0) is 16.2. The van der Waals surface area contributed by atoms with Crippen molar-refractivity contribution < 1.29 is 19.4 Å². The molecule has 2 aliphatic heterocycles. The second-order valence-corrected chi connectivity index (χ2v) is 6.40. The fourth-order valence-corrected chi connectivity index (χ4v) is 3.57. The van der Waals surface area contributed by atoms with Gasteiger partial charge in [0.05, 0.1) is 0 Å². The van der Waals surface area contributed by atoms with E-state index in [1.54, 1.807) is 0 Å². The van der Waals surface area contributed by atoms with Crippen molar-refractivity contribution in [1.29, 1.82) is 0 Å². The molecule has 0 radical (unpaired) electrons. The van der Waals surface area contributed by atoms with E-state index in [2.05, 4.69) is 12.1 Å². The van der Waals surface area contributed by atoms with Crippen molar-refractivity contribution in [2.45, 2.75) is 56.8 Å². The predicted octanol–water partition coefficient (Wildman–Crippen LogP) is 2.24. The molecule has 5 nitrogen and oxygen atoms in total. The Morgan fingerprint density at radius 3 is 2.52 bits per heavy atom. The molecule has 2 aliphatic rings. The Bertz CT molecular complexity index is 559. The van der Waals surface area contributed by atoms with Crippen molar-refractivity contribution >= 4 is 11.9 Å². The Kier molecular flexibility index (Phi) is 4.96. The maximum absolute atomic E-state index is 12.8. The molecular weight excluding hydrogens is 294 g/mol. The smallest absolute Gasteiger partial charge is 0.332 e. The summed E-state index contributed by atoms with van der Waals surface area (Å²) in [5.41, 5.74) is 1.23. The summed E-state index contributed by atoms with van der Waals surface area (Å²) in [7, 11) is 0. The van der Waals surface area contributed by atoms with Gasteiger partial charge in [-0.15, -0.1) is 0 Å². The number of aliphatic carboxylic acids is 1. The Hall–Kier alpha value is -1.88. The summed E-state index contributed by atoms with van der Waals surface area (Å²) in [5.74, 6) is -1.01. The van der Waals surface area contributed by atoms with Crippen LogP contribution in [0.1, 0.15) is 37.7 Å². The molecule has 2 fully saturated rings. The molecule has 0 bridgehead atoms. The third-order valence-corrected chi connectivity index (χ3v) is 4.79. The first-order valence-corrected chi connectivity index (χ1v) is 8.38. The maximum atomic E-state index is 12.8. The minimum absolute atomic E-state index is 0.0330. The molecular formula is C18H23NO4. The fraction of sp³-hybridized carbons (Fsp3) is 0.556. The predicted molar refractivity (Wildman–Crippen MR) is 85.0 cm³/mol. The van der Waals surface area contributed by atoms with E-state index in [1.807, 2.05) is 23.1 Å². The van der Waals surface area contributed by atoms with Crippen LogP contribution in [0.5, 0.6) is 0 Å². The van der Waals surface area contributed by atoms with Crippen LogP contribution in [0.3, 0.4) is 0 Å². The van der Waals surface area contributed by atoms with Crippen molar-refractivity contribution in [3.05, 3.63) is 35.9 Å². The van der Waals surface area contributed by atoms with E-state index in [9.17, 15) is 9.59 Å². The number of hydrogen-bond acceptors (Lipinski definition) is 3. The second kappa shape index (κ2) is 7.13. The molecule has 0 spiro atoms. The van der Waals surface area contributed by atoms with Gasteiger partial charge in [-0.1, -0.05) is 30.3 Å². The molecule has 124 valence electrons. The molecule has 3 atom stereocenters. The van der Waals surface area contributed by atoms with Crippen LogP contribution in [0.2, 0.25) is 0 Å². The second-order valence-electron chi connectivity index (χ2n) is 6.40. The minimum atomic E-state index is -0.972. The van der Waals surface area contributed by atoms with Crippen LogP contribution in [-0.4, -0.2) is 46.7 Å². The number of benzene rings is 1.